The Hall–Kier alpha value is -2.61. The zero-order chi connectivity index (χ0) is 22.0. The first-order valence-corrected chi connectivity index (χ1v) is 9.80. The Morgan fingerprint density at radius 3 is 2.34 bits per heavy atom. The number of hydrogen-bond acceptors (Lipinski definition) is 5. The van der Waals surface area contributed by atoms with Crippen LogP contribution >= 0.6 is 0 Å². The summed E-state index contributed by atoms with van der Waals surface area (Å²) >= 11 is 0. The molecule has 1 fully saturated rings. The molecule has 0 saturated heterocycles. The van der Waals surface area contributed by atoms with Crippen molar-refractivity contribution in [2.24, 2.45) is 11.8 Å². The van der Waals surface area contributed by atoms with Gasteiger partial charge in [-0.2, -0.15) is 0 Å². The molecule has 4 N–H and O–H groups in total. The van der Waals surface area contributed by atoms with Gasteiger partial charge in [0.25, 0.3) is 0 Å². The van der Waals surface area contributed by atoms with Gasteiger partial charge in [-0.25, -0.2) is 9.59 Å². The van der Waals surface area contributed by atoms with Crippen LogP contribution in [-0.4, -0.2) is 47.3 Å². The number of nitrogens with one attached hydrogen (secondary N) is 2. The summed E-state index contributed by atoms with van der Waals surface area (Å²) in [4.78, 5) is 30.5. The Morgan fingerprint density at radius 1 is 1.14 bits per heavy atom. The molecule has 4 atom stereocenters. The SMILES string of the molecule is COc1ccccc1NC(=O)CC(C)NC1CCCC(C)C1C.O=C(O)C(=O)O. The Bertz CT molecular complexity index is 682. The van der Waals surface area contributed by atoms with Crippen molar-refractivity contribution in [3.63, 3.8) is 0 Å². The van der Waals surface area contributed by atoms with Crippen LogP contribution in [0.1, 0.15) is 46.5 Å². The van der Waals surface area contributed by atoms with E-state index in [0.717, 1.165) is 11.6 Å². The largest absolute Gasteiger partial charge is 0.495 e. The number of carbonyl (C=O) groups excluding carboxylic acids is 1. The van der Waals surface area contributed by atoms with Crippen molar-refractivity contribution in [1.29, 1.82) is 0 Å². The summed E-state index contributed by atoms with van der Waals surface area (Å²) in [6.07, 6.45) is 4.28. The highest BCUT2D eigenvalue weighted by molar-refractivity contribution is 6.27. The molecule has 1 aliphatic carbocycles. The fourth-order valence-electron chi connectivity index (χ4n) is 3.47. The van der Waals surface area contributed by atoms with Crippen LogP contribution in [0.4, 0.5) is 5.69 Å². The molecule has 162 valence electrons. The molecule has 29 heavy (non-hydrogen) atoms. The number of benzene rings is 1. The second-order valence-electron chi connectivity index (χ2n) is 7.50. The van der Waals surface area contributed by atoms with E-state index in [1.165, 1.54) is 19.3 Å². The quantitative estimate of drug-likeness (QED) is 0.533. The number of rotatable bonds is 6. The third kappa shape index (κ3) is 8.51. The summed E-state index contributed by atoms with van der Waals surface area (Å²) < 4.78 is 5.27. The molecule has 1 aromatic carbocycles. The van der Waals surface area contributed by atoms with Gasteiger partial charge >= 0.3 is 11.9 Å². The van der Waals surface area contributed by atoms with E-state index in [0.29, 0.717) is 24.1 Å². The molecule has 8 nitrogen and oxygen atoms in total. The molecule has 2 rings (SSSR count). The fraction of sp³-hybridized carbons (Fsp3) is 0.571. The van der Waals surface area contributed by atoms with E-state index >= 15 is 0 Å². The second kappa shape index (κ2) is 12.1. The molecule has 0 heterocycles. The lowest BCUT2D eigenvalue weighted by atomic mass is 9.78. The fourth-order valence-corrected chi connectivity index (χ4v) is 3.47. The van der Waals surface area contributed by atoms with E-state index in [1.54, 1.807) is 7.11 Å². The molecule has 1 aromatic rings. The summed E-state index contributed by atoms with van der Waals surface area (Å²) in [5.74, 6) is -1.51. The Morgan fingerprint density at radius 2 is 1.76 bits per heavy atom. The van der Waals surface area contributed by atoms with Gasteiger partial charge in [0.1, 0.15) is 5.75 Å². The van der Waals surface area contributed by atoms with E-state index in [9.17, 15) is 4.79 Å². The smallest absolute Gasteiger partial charge is 0.414 e. The van der Waals surface area contributed by atoms with Crippen molar-refractivity contribution < 1.29 is 29.3 Å². The van der Waals surface area contributed by atoms with Gasteiger partial charge in [-0.15, -0.1) is 0 Å². The summed E-state index contributed by atoms with van der Waals surface area (Å²) in [5.41, 5.74) is 0.729. The van der Waals surface area contributed by atoms with E-state index in [2.05, 4.69) is 31.4 Å². The standard InChI is InChI=1S/C19H30N2O2.C2H2O4/c1-13-8-7-10-16(15(13)3)20-14(2)12-19(22)21-17-9-5-6-11-18(17)23-4;3-1(4)2(5)6/h5-6,9,11,13-16,20H,7-8,10,12H2,1-4H3,(H,21,22);(H,3,4)(H,5,6). The lowest BCUT2D eigenvalue weighted by molar-refractivity contribution is -0.159. The maximum Gasteiger partial charge on any atom is 0.414 e. The minimum Gasteiger partial charge on any atom is -0.495 e. The number of ether oxygens (including phenoxy) is 1. The van der Waals surface area contributed by atoms with Crippen LogP contribution in [0.3, 0.4) is 0 Å². The number of hydrogen-bond donors (Lipinski definition) is 4. The molecule has 0 bridgehead atoms. The van der Waals surface area contributed by atoms with Crippen LogP contribution in [0.15, 0.2) is 24.3 Å². The first kappa shape index (κ1) is 24.4. The number of amides is 1. The van der Waals surface area contributed by atoms with Crippen LogP contribution in [0.2, 0.25) is 0 Å². The predicted octanol–water partition coefficient (Wildman–Crippen LogP) is 2.98. The maximum atomic E-state index is 12.3. The van der Waals surface area contributed by atoms with Gasteiger partial charge in [-0.1, -0.05) is 38.8 Å². The van der Waals surface area contributed by atoms with Crippen LogP contribution < -0.4 is 15.4 Å². The highest BCUT2D eigenvalue weighted by atomic mass is 16.5. The van der Waals surface area contributed by atoms with Crippen molar-refractivity contribution in [3.8, 4) is 5.75 Å². The number of aliphatic carboxylic acids is 2. The van der Waals surface area contributed by atoms with Gasteiger partial charge in [0.15, 0.2) is 0 Å². The summed E-state index contributed by atoms with van der Waals surface area (Å²) in [6.45, 7) is 6.74. The average molecular weight is 408 g/mol. The van der Waals surface area contributed by atoms with Crippen LogP contribution in [-0.2, 0) is 14.4 Å². The number of anilines is 1. The number of carboxylic acids is 2. The molecular formula is C21H32N2O6. The van der Waals surface area contributed by atoms with Crippen molar-refractivity contribution in [2.75, 3.05) is 12.4 Å². The van der Waals surface area contributed by atoms with Crippen molar-refractivity contribution in [2.45, 2.75) is 58.5 Å². The van der Waals surface area contributed by atoms with E-state index in [4.69, 9.17) is 24.5 Å². The lowest BCUT2D eigenvalue weighted by Gasteiger charge is -2.36. The van der Waals surface area contributed by atoms with Gasteiger partial charge in [0, 0.05) is 18.5 Å². The third-order valence-electron chi connectivity index (χ3n) is 5.26. The van der Waals surface area contributed by atoms with E-state index in [1.807, 2.05) is 24.3 Å². The molecule has 1 aliphatic rings. The molecule has 0 radical (unpaired) electrons. The van der Waals surface area contributed by atoms with Gasteiger partial charge in [0.2, 0.25) is 5.91 Å². The van der Waals surface area contributed by atoms with Gasteiger partial charge < -0.3 is 25.6 Å². The third-order valence-corrected chi connectivity index (χ3v) is 5.26. The minimum absolute atomic E-state index is 0.0195. The first-order chi connectivity index (χ1) is 13.6. The average Bonchev–Trinajstić information content (AvgIpc) is 2.66. The molecule has 0 aromatic heterocycles. The molecule has 1 amide bonds. The topological polar surface area (TPSA) is 125 Å². The molecular weight excluding hydrogens is 376 g/mol. The highest BCUT2D eigenvalue weighted by Gasteiger charge is 2.28. The van der Waals surface area contributed by atoms with Crippen molar-refractivity contribution >= 4 is 23.5 Å². The predicted molar refractivity (Wildman–Crippen MR) is 110 cm³/mol. The van der Waals surface area contributed by atoms with E-state index < -0.39 is 11.9 Å². The minimum atomic E-state index is -1.82. The van der Waals surface area contributed by atoms with Gasteiger partial charge in [0.05, 0.1) is 12.8 Å². The second-order valence-corrected chi connectivity index (χ2v) is 7.50. The molecule has 1 saturated carbocycles. The zero-order valence-electron chi connectivity index (χ0n) is 17.5. The maximum absolute atomic E-state index is 12.3. The number of carbonyl (C=O) groups is 3. The van der Waals surface area contributed by atoms with E-state index in [-0.39, 0.29) is 11.9 Å². The lowest BCUT2D eigenvalue weighted by Crippen LogP contribution is -2.45. The summed E-state index contributed by atoms with van der Waals surface area (Å²) in [7, 11) is 1.61. The van der Waals surface area contributed by atoms with Crippen LogP contribution in [0.5, 0.6) is 5.75 Å². The number of methoxy groups -OCH3 is 1. The Balaban J connectivity index is 0.000000612. The number of para-hydroxylation sites is 2. The monoisotopic (exact) mass is 408 g/mol. The molecule has 8 heteroatoms. The highest BCUT2D eigenvalue weighted by Crippen LogP contribution is 2.30. The Kier molecular flexibility index (Phi) is 10.2. The summed E-state index contributed by atoms with van der Waals surface area (Å²) in [6, 6.07) is 8.19. The number of carboxylic acid groups (broad SMARTS) is 2. The first-order valence-electron chi connectivity index (χ1n) is 9.80. The zero-order valence-corrected chi connectivity index (χ0v) is 17.5. The Labute approximate surface area is 171 Å². The van der Waals surface area contributed by atoms with Crippen LogP contribution in [0.25, 0.3) is 0 Å². The van der Waals surface area contributed by atoms with Crippen LogP contribution in [0, 0.1) is 11.8 Å². The van der Waals surface area contributed by atoms with Gasteiger partial charge in [-0.05, 0) is 37.3 Å². The van der Waals surface area contributed by atoms with Gasteiger partial charge in [-0.3, -0.25) is 4.79 Å². The normalized spacial score (nSPS) is 21.9. The molecule has 0 aliphatic heterocycles. The summed E-state index contributed by atoms with van der Waals surface area (Å²) in [5, 5.41) is 21.4. The molecule has 0 spiro atoms. The van der Waals surface area contributed by atoms with Crippen molar-refractivity contribution in [3.05, 3.63) is 24.3 Å². The van der Waals surface area contributed by atoms with Crippen molar-refractivity contribution in [1.82, 2.24) is 5.32 Å². The molecule has 4 unspecified atom stereocenters.